The Balaban J connectivity index is 0.000000211. The van der Waals surface area contributed by atoms with Crippen LogP contribution in [-0.4, -0.2) is 30.8 Å². The van der Waals surface area contributed by atoms with Crippen molar-refractivity contribution in [3.63, 3.8) is 0 Å². The molecule has 4 aromatic carbocycles. The first-order chi connectivity index (χ1) is 18.2. The van der Waals surface area contributed by atoms with E-state index in [1.165, 1.54) is 14.7 Å². The summed E-state index contributed by atoms with van der Waals surface area (Å²) in [5, 5.41) is -5.04. The van der Waals surface area contributed by atoms with Crippen LogP contribution in [0.3, 0.4) is 0 Å². The smallest absolute Gasteiger partial charge is 0.428 e. The van der Waals surface area contributed by atoms with E-state index in [4.69, 9.17) is 0 Å². The number of rotatable bonds is 9. The maximum atomic E-state index is 12.7. The van der Waals surface area contributed by atoms with E-state index in [9.17, 15) is 26.5 Å². The van der Waals surface area contributed by atoms with Crippen LogP contribution in [-0.2, 0) is 37.0 Å². The molecule has 0 atom stereocenters. The highest BCUT2D eigenvalue weighted by atomic mass is 32.2. The van der Waals surface area contributed by atoms with Crippen molar-refractivity contribution in [2.24, 2.45) is 0 Å². The number of carbonyl (C=O) groups is 1. The number of benzene rings is 4. The summed E-state index contributed by atoms with van der Waals surface area (Å²) in [4.78, 5) is 14.9. The number of esters is 1. The lowest BCUT2D eigenvalue weighted by molar-refractivity contribution is -0.161. The second-order valence-electron chi connectivity index (χ2n) is 7.94. The third-order valence-electron chi connectivity index (χ3n) is 5.17. The van der Waals surface area contributed by atoms with Gasteiger partial charge in [-0.1, -0.05) is 84.9 Å². The van der Waals surface area contributed by atoms with Gasteiger partial charge in [0.25, 0.3) is 0 Å². The van der Waals surface area contributed by atoms with Gasteiger partial charge in [-0.3, -0.25) is 0 Å². The summed E-state index contributed by atoms with van der Waals surface area (Å²) in [6, 6.07) is 41.2. The van der Waals surface area contributed by atoms with Gasteiger partial charge >= 0.3 is 11.2 Å². The van der Waals surface area contributed by atoms with Crippen LogP contribution in [0.25, 0.3) is 0 Å². The fraction of sp³-hybridized carbons (Fsp3) is 0.138. The lowest BCUT2D eigenvalue weighted by atomic mass is 10.1. The van der Waals surface area contributed by atoms with Crippen molar-refractivity contribution in [2.75, 3.05) is 6.61 Å². The van der Waals surface area contributed by atoms with E-state index in [-0.39, 0.29) is 17.3 Å². The van der Waals surface area contributed by atoms with Crippen molar-refractivity contribution in [2.45, 2.75) is 32.8 Å². The van der Waals surface area contributed by atoms with Crippen LogP contribution >= 0.6 is 0 Å². The first-order valence-corrected chi connectivity index (χ1v) is 14.3. The van der Waals surface area contributed by atoms with Crippen LogP contribution in [0.2, 0.25) is 0 Å². The molecule has 0 heterocycles. The Morgan fingerprint density at radius 1 is 0.711 bits per heavy atom. The summed E-state index contributed by atoms with van der Waals surface area (Å²) < 4.78 is 59.9. The molecular weight excluding hydrogens is 530 g/mol. The van der Waals surface area contributed by atoms with E-state index in [1.54, 1.807) is 24.3 Å². The Labute approximate surface area is 224 Å². The zero-order valence-electron chi connectivity index (χ0n) is 20.3. The normalized spacial score (nSPS) is 11.4. The quantitative estimate of drug-likeness (QED) is 0.108. The second kappa shape index (κ2) is 13.9. The van der Waals surface area contributed by atoms with Crippen LogP contribution < -0.4 is 0 Å². The Morgan fingerprint density at radius 3 is 1.45 bits per heavy atom. The predicted molar refractivity (Wildman–Crippen MR) is 142 cm³/mol. The van der Waals surface area contributed by atoms with Gasteiger partial charge in [0.2, 0.25) is 0 Å². The second-order valence-corrected chi connectivity index (χ2v) is 11.4. The third-order valence-corrected chi connectivity index (χ3v) is 8.20. The van der Waals surface area contributed by atoms with Gasteiger partial charge in [-0.25, -0.2) is 13.2 Å². The summed E-state index contributed by atoms with van der Waals surface area (Å²) in [6.07, 6.45) is 0.717. The summed E-state index contributed by atoms with van der Waals surface area (Å²) >= 11 is 0. The van der Waals surface area contributed by atoms with Crippen molar-refractivity contribution >= 4 is 27.0 Å². The number of hydrogen-bond acceptors (Lipinski definition) is 5. The Kier molecular flexibility index (Phi) is 10.6. The standard InChI is InChI=1S/C18H15S.C11H12F2O5S/c1-4-10-16(11-5-1)19(17-12-6-2-7-13-17)18-14-8-3-9-15-18;12-11(13,19(15,16)17)10(14)18-8-4-7-9-5-2-1-3-6-9/h1-15H;1-3,5-6H,4,7-8H2,(H,15,16,17)/q+1;/p-1. The van der Waals surface area contributed by atoms with Gasteiger partial charge in [0, 0.05) is 0 Å². The average Bonchev–Trinajstić information content (AvgIpc) is 2.93. The van der Waals surface area contributed by atoms with Gasteiger partial charge in [0.15, 0.2) is 24.8 Å². The third kappa shape index (κ3) is 8.24. The molecule has 0 spiro atoms. The molecule has 0 fully saturated rings. The van der Waals surface area contributed by atoms with Crippen molar-refractivity contribution in [1.82, 2.24) is 0 Å². The van der Waals surface area contributed by atoms with Crippen molar-refractivity contribution < 1.29 is 31.3 Å². The first-order valence-electron chi connectivity index (χ1n) is 11.6. The van der Waals surface area contributed by atoms with E-state index in [2.05, 4.69) is 95.7 Å². The minimum absolute atomic E-state index is 0.0146. The van der Waals surface area contributed by atoms with Crippen LogP contribution in [0.15, 0.2) is 136 Å². The van der Waals surface area contributed by atoms with Crippen molar-refractivity contribution in [3.8, 4) is 0 Å². The summed E-state index contributed by atoms with van der Waals surface area (Å²) in [5.74, 6) is -2.34. The van der Waals surface area contributed by atoms with Crippen LogP contribution in [0, 0.1) is 0 Å². The minimum Gasteiger partial charge on any atom is -0.743 e. The topological polar surface area (TPSA) is 83.5 Å². The zero-order valence-corrected chi connectivity index (χ0v) is 21.9. The molecule has 0 bridgehead atoms. The molecule has 4 rings (SSSR count). The van der Waals surface area contributed by atoms with Gasteiger partial charge in [0.1, 0.15) is 0 Å². The largest absolute Gasteiger partial charge is 0.743 e. The molecule has 0 amide bonds. The molecule has 0 saturated heterocycles. The number of carbonyl (C=O) groups excluding carboxylic acids is 1. The highest BCUT2D eigenvalue weighted by Gasteiger charge is 2.48. The summed E-state index contributed by atoms with van der Waals surface area (Å²) in [6.45, 7) is -0.390. The van der Waals surface area contributed by atoms with Gasteiger partial charge in [0.05, 0.1) is 17.5 Å². The maximum absolute atomic E-state index is 12.7. The van der Waals surface area contributed by atoms with E-state index >= 15 is 0 Å². The molecule has 198 valence electrons. The molecule has 38 heavy (non-hydrogen) atoms. The Morgan fingerprint density at radius 2 is 1.08 bits per heavy atom. The fourth-order valence-corrected chi connectivity index (χ4v) is 5.72. The molecule has 0 aliphatic rings. The van der Waals surface area contributed by atoms with Crippen LogP contribution in [0.5, 0.6) is 0 Å². The predicted octanol–water partition coefficient (Wildman–Crippen LogP) is 6.08. The van der Waals surface area contributed by atoms with Gasteiger partial charge in [-0.15, -0.1) is 0 Å². The van der Waals surface area contributed by atoms with Crippen molar-refractivity contribution in [3.05, 3.63) is 127 Å². The molecule has 0 radical (unpaired) electrons. The minimum atomic E-state index is -6.05. The Hall–Kier alpha value is -3.53. The molecule has 5 nitrogen and oxygen atoms in total. The Bertz CT molecular complexity index is 1280. The molecular formula is C29H26F2O5S2. The molecule has 4 aromatic rings. The number of ether oxygens (including phenoxy) is 1. The van der Waals surface area contributed by atoms with Gasteiger partial charge in [-0.2, -0.15) is 8.78 Å². The van der Waals surface area contributed by atoms with Crippen LogP contribution in [0.1, 0.15) is 12.0 Å². The lowest BCUT2D eigenvalue weighted by Gasteiger charge is -2.17. The van der Waals surface area contributed by atoms with Crippen LogP contribution in [0.4, 0.5) is 8.78 Å². The van der Waals surface area contributed by atoms with Crippen molar-refractivity contribution in [1.29, 1.82) is 0 Å². The van der Waals surface area contributed by atoms with Gasteiger partial charge in [-0.05, 0) is 54.8 Å². The molecule has 0 saturated carbocycles. The molecule has 0 aromatic heterocycles. The first kappa shape index (κ1) is 29.0. The fourth-order valence-electron chi connectivity index (χ4n) is 3.35. The molecule has 0 aliphatic heterocycles. The summed E-state index contributed by atoms with van der Waals surface area (Å²) in [5.41, 5.74) is 0.918. The number of aryl methyl sites for hydroxylation is 1. The van der Waals surface area contributed by atoms with E-state index in [0.29, 0.717) is 6.42 Å². The number of hydrogen-bond donors (Lipinski definition) is 0. The zero-order chi connectivity index (χ0) is 27.4. The molecule has 0 aliphatic carbocycles. The molecule has 9 heteroatoms. The van der Waals surface area contributed by atoms with E-state index in [0.717, 1.165) is 5.56 Å². The average molecular weight is 557 g/mol. The SMILES string of the molecule is O=C(OCCCc1ccccc1)C(F)(F)S(=O)(=O)[O-].c1ccc([S+](c2ccccc2)c2ccccc2)cc1. The molecule has 0 unspecified atom stereocenters. The summed E-state index contributed by atoms with van der Waals surface area (Å²) in [7, 11) is -6.06. The maximum Gasteiger partial charge on any atom is 0.428 e. The highest BCUT2D eigenvalue weighted by Crippen LogP contribution is 2.30. The van der Waals surface area contributed by atoms with E-state index < -0.39 is 27.9 Å². The van der Waals surface area contributed by atoms with E-state index in [1.807, 2.05) is 6.07 Å². The van der Waals surface area contributed by atoms with Gasteiger partial charge < -0.3 is 9.29 Å². The number of alkyl halides is 2. The number of halogens is 2. The molecule has 0 N–H and O–H groups in total. The lowest BCUT2D eigenvalue weighted by Crippen LogP contribution is -2.39. The highest BCUT2D eigenvalue weighted by molar-refractivity contribution is 7.97. The monoisotopic (exact) mass is 556 g/mol.